The maximum absolute atomic E-state index is 11.7. The van der Waals surface area contributed by atoms with Crippen LogP contribution in [-0.2, 0) is 18.3 Å². The number of rotatable bonds is 5. The Balaban J connectivity index is 1.65. The van der Waals surface area contributed by atoms with Crippen LogP contribution in [0.4, 0.5) is 4.79 Å². The summed E-state index contributed by atoms with van der Waals surface area (Å²) >= 11 is 0. The van der Waals surface area contributed by atoms with Crippen LogP contribution in [-0.4, -0.2) is 39.5 Å². The first kappa shape index (κ1) is 14.4. The number of carboxylic acids is 1. The average molecular weight is 280 g/mol. The van der Waals surface area contributed by atoms with Crippen LogP contribution in [0.5, 0.6) is 0 Å². The predicted octanol–water partition coefficient (Wildman–Crippen LogP) is 0.515. The van der Waals surface area contributed by atoms with Crippen LogP contribution in [0.25, 0.3) is 0 Å². The number of hydrogen-bond donors (Lipinski definition) is 3. The fraction of sp³-hybridized carbons (Fsp3) is 0.615. The lowest BCUT2D eigenvalue weighted by Gasteiger charge is -2.13. The molecular weight excluding hydrogens is 260 g/mol. The second kappa shape index (κ2) is 6.40. The van der Waals surface area contributed by atoms with Crippen molar-refractivity contribution in [2.75, 3.05) is 6.54 Å². The smallest absolute Gasteiger partial charge is 0.315 e. The van der Waals surface area contributed by atoms with Gasteiger partial charge >= 0.3 is 12.0 Å². The highest BCUT2D eigenvalue weighted by molar-refractivity contribution is 5.75. The first-order valence-electron chi connectivity index (χ1n) is 6.79. The molecule has 7 heteroatoms. The Morgan fingerprint density at radius 2 is 2.30 bits per heavy atom. The molecule has 0 bridgehead atoms. The van der Waals surface area contributed by atoms with Crippen molar-refractivity contribution in [1.82, 2.24) is 20.4 Å². The Kier molecular flexibility index (Phi) is 4.60. The summed E-state index contributed by atoms with van der Waals surface area (Å²) in [6.45, 7) is 0.534. The van der Waals surface area contributed by atoms with Gasteiger partial charge in [-0.15, -0.1) is 0 Å². The van der Waals surface area contributed by atoms with E-state index in [-0.39, 0.29) is 18.0 Å². The van der Waals surface area contributed by atoms with Crippen molar-refractivity contribution in [3.8, 4) is 0 Å². The lowest BCUT2D eigenvalue weighted by molar-refractivity contribution is -0.141. The van der Waals surface area contributed by atoms with E-state index in [0.29, 0.717) is 19.4 Å². The highest BCUT2D eigenvalue weighted by Gasteiger charge is 2.30. The molecular formula is C13H20N4O3. The summed E-state index contributed by atoms with van der Waals surface area (Å²) in [6, 6.07) is -0.264. The molecule has 0 saturated heterocycles. The van der Waals surface area contributed by atoms with Crippen molar-refractivity contribution in [1.29, 1.82) is 0 Å². The standard InChI is InChI=1S/C13H20N4O3/c1-17-8-9(7-15-17)4-5-14-13(20)16-11-3-2-10(6-11)12(18)19/h7-8,10-11H,2-6H2,1H3,(H,18,19)(H2,14,16,20)/t10-,11+/m1/s1. The van der Waals surface area contributed by atoms with Gasteiger partial charge in [0.2, 0.25) is 0 Å². The Morgan fingerprint density at radius 1 is 1.50 bits per heavy atom. The minimum Gasteiger partial charge on any atom is -0.481 e. The molecule has 0 unspecified atom stereocenters. The molecule has 110 valence electrons. The maximum Gasteiger partial charge on any atom is 0.315 e. The Labute approximate surface area is 117 Å². The van der Waals surface area contributed by atoms with Crippen LogP contribution in [0.15, 0.2) is 12.4 Å². The molecule has 1 aliphatic carbocycles. The molecule has 0 aliphatic heterocycles. The fourth-order valence-corrected chi connectivity index (χ4v) is 2.49. The third-order valence-corrected chi connectivity index (χ3v) is 3.57. The van der Waals surface area contributed by atoms with E-state index in [1.165, 1.54) is 0 Å². The van der Waals surface area contributed by atoms with Crippen molar-refractivity contribution in [2.45, 2.75) is 31.7 Å². The number of aliphatic carboxylic acids is 1. The van der Waals surface area contributed by atoms with Crippen molar-refractivity contribution >= 4 is 12.0 Å². The van der Waals surface area contributed by atoms with Crippen LogP contribution < -0.4 is 10.6 Å². The summed E-state index contributed by atoms with van der Waals surface area (Å²) in [5.74, 6) is -1.10. The number of carbonyl (C=O) groups excluding carboxylic acids is 1. The number of nitrogens with zero attached hydrogens (tertiary/aromatic N) is 2. The van der Waals surface area contributed by atoms with Crippen molar-refractivity contribution in [2.24, 2.45) is 13.0 Å². The first-order chi connectivity index (χ1) is 9.54. The molecule has 1 saturated carbocycles. The van der Waals surface area contributed by atoms with Crippen LogP contribution in [0.2, 0.25) is 0 Å². The zero-order valence-electron chi connectivity index (χ0n) is 11.5. The monoisotopic (exact) mass is 280 g/mol. The number of urea groups is 1. The molecule has 1 heterocycles. The maximum atomic E-state index is 11.7. The molecule has 2 amide bonds. The lowest BCUT2D eigenvalue weighted by atomic mass is 10.1. The minimum absolute atomic E-state index is 0.0329. The van der Waals surface area contributed by atoms with Gasteiger partial charge in [-0.3, -0.25) is 9.48 Å². The first-order valence-corrected chi connectivity index (χ1v) is 6.79. The van der Waals surface area contributed by atoms with Crippen LogP contribution in [0.3, 0.4) is 0 Å². The number of amides is 2. The van der Waals surface area contributed by atoms with Crippen LogP contribution in [0.1, 0.15) is 24.8 Å². The molecule has 7 nitrogen and oxygen atoms in total. The zero-order valence-corrected chi connectivity index (χ0v) is 11.5. The van der Waals surface area contributed by atoms with Gasteiger partial charge in [-0.2, -0.15) is 5.10 Å². The van der Waals surface area contributed by atoms with Gasteiger partial charge in [-0.1, -0.05) is 0 Å². The number of aromatic nitrogens is 2. The van der Waals surface area contributed by atoms with Gasteiger partial charge in [0.25, 0.3) is 0 Å². The SMILES string of the molecule is Cn1cc(CCNC(=O)N[C@H]2CC[C@@H](C(=O)O)C2)cn1. The molecule has 0 aromatic carbocycles. The molecule has 1 fully saturated rings. The van der Waals surface area contributed by atoms with E-state index < -0.39 is 5.97 Å². The quantitative estimate of drug-likeness (QED) is 0.732. The van der Waals surface area contributed by atoms with E-state index in [0.717, 1.165) is 18.4 Å². The predicted molar refractivity (Wildman–Crippen MR) is 72.2 cm³/mol. The van der Waals surface area contributed by atoms with Gasteiger partial charge in [-0.05, 0) is 31.2 Å². The van der Waals surface area contributed by atoms with Crippen molar-refractivity contribution in [3.63, 3.8) is 0 Å². The Morgan fingerprint density at radius 3 is 2.90 bits per heavy atom. The number of aryl methyl sites for hydroxylation is 1. The van der Waals surface area contributed by atoms with E-state index in [2.05, 4.69) is 15.7 Å². The molecule has 20 heavy (non-hydrogen) atoms. The van der Waals surface area contributed by atoms with Crippen molar-refractivity contribution < 1.29 is 14.7 Å². The van der Waals surface area contributed by atoms with Crippen molar-refractivity contribution in [3.05, 3.63) is 18.0 Å². The summed E-state index contributed by atoms with van der Waals surface area (Å²) in [7, 11) is 1.85. The van der Waals surface area contributed by atoms with Gasteiger partial charge in [-0.25, -0.2) is 4.79 Å². The van der Waals surface area contributed by atoms with Gasteiger partial charge in [0.15, 0.2) is 0 Å². The number of carboxylic acid groups (broad SMARTS) is 1. The highest BCUT2D eigenvalue weighted by atomic mass is 16.4. The number of hydrogen-bond acceptors (Lipinski definition) is 3. The molecule has 2 atom stereocenters. The normalized spacial score (nSPS) is 21.6. The van der Waals surface area contributed by atoms with Crippen LogP contribution in [0, 0.1) is 5.92 Å². The molecule has 1 aromatic heterocycles. The third kappa shape index (κ3) is 3.97. The second-order valence-corrected chi connectivity index (χ2v) is 5.22. The van der Waals surface area contributed by atoms with E-state index in [4.69, 9.17) is 5.11 Å². The summed E-state index contributed by atoms with van der Waals surface area (Å²) in [5, 5.41) is 18.6. The molecule has 1 aliphatic rings. The Hall–Kier alpha value is -2.05. The van der Waals surface area contributed by atoms with Gasteiger partial charge < -0.3 is 15.7 Å². The zero-order chi connectivity index (χ0) is 14.5. The summed E-state index contributed by atoms with van der Waals surface area (Å²) in [4.78, 5) is 22.5. The largest absolute Gasteiger partial charge is 0.481 e. The van der Waals surface area contributed by atoms with E-state index in [1.807, 2.05) is 13.2 Å². The van der Waals surface area contributed by atoms with Gasteiger partial charge in [0.05, 0.1) is 12.1 Å². The lowest BCUT2D eigenvalue weighted by Crippen LogP contribution is -2.41. The van der Waals surface area contributed by atoms with E-state index >= 15 is 0 Å². The molecule has 0 radical (unpaired) electrons. The third-order valence-electron chi connectivity index (χ3n) is 3.57. The Bertz CT molecular complexity index is 486. The minimum atomic E-state index is -0.772. The number of carbonyl (C=O) groups is 2. The summed E-state index contributed by atoms with van der Waals surface area (Å²) < 4.78 is 1.72. The molecule has 2 rings (SSSR count). The summed E-state index contributed by atoms with van der Waals surface area (Å²) in [5.41, 5.74) is 1.07. The van der Waals surface area contributed by atoms with Gasteiger partial charge in [0.1, 0.15) is 0 Å². The van der Waals surface area contributed by atoms with Gasteiger partial charge in [0, 0.05) is 25.8 Å². The number of nitrogens with one attached hydrogen (secondary N) is 2. The molecule has 1 aromatic rings. The molecule has 3 N–H and O–H groups in total. The average Bonchev–Trinajstić information content (AvgIpc) is 2.99. The van der Waals surface area contributed by atoms with E-state index in [1.54, 1.807) is 10.9 Å². The topological polar surface area (TPSA) is 96.2 Å². The summed E-state index contributed by atoms with van der Waals surface area (Å²) in [6.07, 6.45) is 6.29. The second-order valence-electron chi connectivity index (χ2n) is 5.22. The molecule has 0 spiro atoms. The fourth-order valence-electron chi connectivity index (χ4n) is 2.49. The van der Waals surface area contributed by atoms with Crippen LogP contribution >= 0.6 is 0 Å². The van der Waals surface area contributed by atoms with E-state index in [9.17, 15) is 9.59 Å². The highest BCUT2D eigenvalue weighted by Crippen LogP contribution is 2.25.